The molecule has 4 heteroatoms. The molecule has 0 amide bonds. The molecular weight excluding hydrogens is 224 g/mol. The van der Waals surface area contributed by atoms with Crippen LogP contribution in [0.5, 0.6) is 0 Å². The second-order valence-electron chi connectivity index (χ2n) is 3.02. The van der Waals surface area contributed by atoms with Gasteiger partial charge in [-0.1, -0.05) is 29.0 Å². The summed E-state index contributed by atoms with van der Waals surface area (Å²) < 4.78 is 0. The third-order valence-electron chi connectivity index (χ3n) is 2.11. The quantitative estimate of drug-likeness (QED) is 0.476. The third-order valence-corrected chi connectivity index (χ3v) is 3.25. The maximum Gasteiger partial charge on any atom is 0.0723 e. The Morgan fingerprint density at radius 2 is 2.00 bits per heavy atom. The summed E-state index contributed by atoms with van der Waals surface area (Å²) in [7, 11) is 1.35. The minimum atomic E-state index is 0.733. The summed E-state index contributed by atoms with van der Waals surface area (Å²) in [6.45, 7) is 0. The number of nitrogen functional groups attached to an aromatic ring is 1. The van der Waals surface area contributed by atoms with Gasteiger partial charge in [0.15, 0.2) is 0 Å². The Bertz CT molecular complexity index is 457. The van der Waals surface area contributed by atoms with Gasteiger partial charge in [-0.05, 0) is 18.2 Å². The molecular formula is C11H10N2S2. The van der Waals surface area contributed by atoms with Crippen molar-refractivity contribution in [1.82, 2.24) is 4.98 Å². The summed E-state index contributed by atoms with van der Waals surface area (Å²) in [5.74, 6) is 0. The first-order valence-electron chi connectivity index (χ1n) is 4.44. The Morgan fingerprint density at radius 1 is 1.13 bits per heavy atom. The van der Waals surface area contributed by atoms with Crippen molar-refractivity contribution in [2.45, 2.75) is 4.90 Å². The first kappa shape index (κ1) is 10.4. The van der Waals surface area contributed by atoms with Crippen LogP contribution in [0.3, 0.4) is 0 Å². The van der Waals surface area contributed by atoms with E-state index in [1.165, 1.54) is 10.8 Å². The van der Waals surface area contributed by atoms with Crippen LogP contribution in [0.15, 0.2) is 47.5 Å². The van der Waals surface area contributed by atoms with Crippen LogP contribution in [-0.2, 0) is 0 Å². The molecule has 1 aromatic heterocycles. The van der Waals surface area contributed by atoms with Gasteiger partial charge in [0.1, 0.15) is 0 Å². The lowest BCUT2D eigenvalue weighted by molar-refractivity contribution is 1.32. The second-order valence-corrected chi connectivity index (χ2v) is 4.19. The average Bonchev–Trinajstić information content (AvgIpc) is 2.30. The Labute approximate surface area is 97.7 Å². The molecule has 0 aliphatic rings. The second kappa shape index (κ2) is 4.59. The molecule has 0 radical (unpaired) electrons. The molecule has 15 heavy (non-hydrogen) atoms. The van der Waals surface area contributed by atoms with Crippen molar-refractivity contribution in [3.05, 3.63) is 42.6 Å². The molecule has 0 bridgehead atoms. The Balaban J connectivity index is 2.54. The Kier molecular flexibility index (Phi) is 3.18. The zero-order chi connectivity index (χ0) is 10.7. The fraction of sp³-hybridized carbons (Fsp3) is 0. The van der Waals surface area contributed by atoms with E-state index >= 15 is 0 Å². The standard InChI is InChI=1S/C11H10N2S2/c12-11-8(4-3-6-10(11)15-14)9-5-1-2-7-13-9/h1-7,14H,12H2. The molecule has 1 aromatic carbocycles. The highest BCUT2D eigenvalue weighted by Crippen LogP contribution is 2.34. The van der Waals surface area contributed by atoms with Gasteiger partial charge in [-0.3, -0.25) is 4.98 Å². The zero-order valence-corrected chi connectivity index (χ0v) is 9.63. The number of para-hydroxylation sites is 1. The minimum absolute atomic E-state index is 0.733. The molecule has 2 N–H and O–H groups in total. The van der Waals surface area contributed by atoms with Crippen LogP contribution in [0.25, 0.3) is 11.3 Å². The van der Waals surface area contributed by atoms with E-state index in [0.29, 0.717) is 0 Å². The molecule has 0 aliphatic heterocycles. The number of thiol groups is 1. The molecule has 2 nitrogen and oxygen atoms in total. The van der Waals surface area contributed by atoms with E-state index in [1.807, 2.05) is 36.4 Å². The minimum Gasteiger partial charge on any atom is -0.397 e. The molecule has 2 rings (SSSR count). The van der Waals surface area contributed by atoms with E-state index in [2.05, 4.69) is 16.6 Å². The number of pyridine rings is 1. The van der Waals surface area contributed by atoms with Crippen molar-refractivity contribution in [2.24, 2.45) is 0 Å². The van der Waals surface area contributed by atoms with Gasteiger partial charge in [0, 0.05) is 16.7 Å². The van der Waals surface area contributed by atoms with Crippen molar-refractivity contribution < 1.29 is 0 Å². The van der Waals surface area contributed by atoms with Gasteiger partial charge in [0.05, 0.1) is 11.4 Å². The van der Waals surface area contributed by atoms with E-state index in [0.717, 1.165) is 21.8 Å². The van der Waals surface area contributed by atoms with Gasteiger partial charge < -0.3 is 5.73 Å². The van der Waals surface area contributed by atoms with Gasteiger partial charge in [0.25, 0.3) is 0 Å². The van der Waals surface area contributed by atoms with Crippen LogP contribution < -0.4 is 5.73 Å². The van der Waals surface area contributed by atoms with Gasteiger partial charge in [-0.25, -0.2) is 0 Å². The number of nitrogens with two attached hydrogens (primary N) is 1. The average molecular weight is 234 g/mol. The number of rotatable bonds is 2. The van der Waals surface area contributed by atoms with Crippen molar-refractivity contribution in [1.29, 1.82) is 0 Å². The van der Waals surface area contributed by atoms with Crippen molar-refractivity contribution in [2.75, 3.05) is 5.73 Å². The van der Waals surface area contributed by atoms with Crippen LogP contribution in [-0.4, -0.2) is 4.98 Å². The van der Waals surface area contributed by atoms with Gasteiger partial charge in [0.2, 0.25) is 0 Å². The lowest BCUT2D eigenvalue weighted by Gasteiger charge is -2.07. The monoisotopic (exact) mass is 234 g/mol. The van der Waals surface area contributed by atoms with Gasteiger partial charge in [-0.2, -0.15) is 0 Å². The molecule has 0 unspecified atom stereocenters. The summed E-state index contributed by atoms with van der Waals surface area (Å²) >= 11 is 4.16. The highest BCUT2D eigenvalue weighted by Gasteiger charge is 2.06. The van der Waals surface area contributed by atoms with Crippen LogP contribution in [0.2, 0.25) is 0 Å². The Hall–Kier alpha value is -1.13. The molecule has 0 saturated heterocycles. The number of nitrogens with zero attached hydrogens (tertiary/aromatic N) is 1. The predicted molar refractivity (Wildman–Crippen MR) is 68.9 cm³/mol. The highest BCUT2D eigenvalue weighted by molar-refractivity contribution is 8.68. The van der Waals surface area contributed by atoms with E-state index in [-0.39, 0.29) is 0 Å². The number of anilines is 1. The molecule has 0 fully saturated rings. The third kappa shape index (κ3) is 2.11. The number of aromatic nitrogens is 1. The first-order chi connectivity index (χ1) is 7.33. The van der Waals surface area contributed by atoms with Crippen LogP contribution in [0.4, 0.5) is 5.69 Å². The molecule has 0 atom stereocenters. The first-order valence-corrected chi connectivity index (χ1v) is 6.31. The summed E-state index contributed by atoms with van der Waals surface area (Å²) in [5, 5.41) is 0. The van der Waals surface area contributed by atoms with E-state index in [4.69, 9.17) is 5.73 Å². The lowest BCUT2D eigenvalue weighted by Crippen LogP contribution is -1.93. The molecule has 0 spiro atoms. The summed E-state index contributed by atoms with van der Waals surface area (Å²) in [6.07, 6.45) is 1.76. The number of hydrogen-bond donors (Lipinski definition) is 2. The van der Waals surface area contributed by atoms with Gasteiger partial charge >= 0.3 is 0 Å². The topological polar surface area (TPSA) is 38.9 Å². The molecule has 1 heterocycles. The normalized spacial score (nSPS) is 10.2. The lowest BCUT2D eigenvalue weighted by atomic mass is 10.1. The maximum absolute atomic E-state index is 6.02. The van der Waals surface area contributed by atoms with Crippen molar-refractivity contribution in [3.63, 3.8) is 0 Å². The van der Waals surface area contributed by atoms with Crippen molar-refractivity contribution in [3.8, 4) is 11.3 Å². The van der Waals surface area contributed by atoms with Crippen molar-refractivity contribution >= 4 is 28.1 Å². The fourth-order valence-corrected chi connectivity index (χ4v) is 2.19. The fourth-order valence-electron chi connectivity index (χ4n) is 1.37. The van der Waals surface area contributed by atoms with E-state index in [1.54, 1.807) is 6.20 Å². The van der Waals surface area contributed by atoms with Crippen LogP contribution >= 0.6 is 22.5 Å². The SMILES string of the molecule is Nc1c(SS)cccc1-c1ccccn1. The molecule has 2 aromatic rings. The number of benzene rings is 1. The summed E-state index contributed by atoms with van der Waals surface area (Å²) in [6, 6.07) is 11.6. The highest BCUT2D eigenvalue weighted by atomic mass is 33.1. The molecule has 0 saturated carbocycles. The number of hydrogen-bond acceptors (Lipinski definition) is 4. The Morgan fingerprint density at radius 3 is 2.67 bits per heavy atom. The van der Waals surface area contributed by atoms with Crippen LogP contribution in [0, 0.1) is 0 Å². The summed E-state index contributed by atoms with van der Waals surface area (Å²) in [5.41, 5.74) is 8.59. The van der Waals surface area contributed by atoms with Crippen LogP contribution in [0.1, 0.15) is 0 Å². The smallest absolute Gasteiger partial charge is 0.0723 e. The molecule has 0 aliphatic carbocycles. The molecule has 76 valence electrons. The van der Waals surface area contributed by atoms with E-state index in [9.17, 15) is 0 Å². The van der Waals surface area contributed by atoms with Gasteiger partial charge in [-0.15, -0.1) is 11.7 Å². The zero-order valence-electron chi connectivity index (χ0n) is 7.92. The predicted octanol–water partition coefficient (Wildman–Crippen LogP) is 3.27. The summed E-state index contributed by atoms with van der Waals surface area (Å²) in [4.78, 5) is 5.23. The maximum atomic E-state index is 6.02. The largest absolute Gasteiger partial charge is 0.397 e. The van der Waals surface area contributed by atoms with E-state index < -0.39 is 0 Å².